The second kappa shape index (κ2) is 7.33. The van der Waals surface area contributed by atoms with Gasteiger partial charge in [0.05, 0.1) is 5.60 Å². The second-order valence-corrected chi connectivity index (χ2v) is 4.75. The summed E-state index contributed by atoms with van der Waals surface area (Å²) in [6.07, 6.45) is 7.16. The molecule has 17 heavy (non-hydrogen) atoms. The molecule has 0 amide bonds. The van der Waals surface area contributed by atoms with Gasteiger partial charge >= 0.3 is 0 Å². The van der Waals surface area contributed by atoms with Gasteiger partial charge in [-0.2, -0.15) is 0 Å². The minimum absolute atomic E-state index is 0.316. The van der Waals surface area contributed by atoms with E-state index in [1.54, 1.807) is 13.8 Å². The Bertz CT molecular complexity index is 314. The van der Waals surface area contributed by atoms with Crippen LogP contribution in [0.2, 0.25) is 0 Å². The number of hydrogen-bond acceptors (Lipinski definition) is 2. The zero-order valence-electron chi connectivity index (χ0n) is 12.0. The monoisotopic (exact) mass is 238 g/mol. The topological polar surface area (TPSA) is 29.5 Å². The van der Waals surface area contributed by atoms with E-state index in [2.05, 4.69) is 19.1 Å². The van der Waals surface area contributed by atoms with Crippen LogP contribution in [-0.2, 0) is 4.74 Å². The third-order valence-electron chi connectivity index (χ3n) is 2.14. The van der Waals surface area contributed by atoms with Gasteiger partial charge in [0, 0.05) is 0 Å². The van der Waals surface area contributed by atoms with Crippen LogP contribution in [0.25, 0.3) is 0 Å². The molecule has 0 unspecified atom stereocenters. The van der Waals surface area contributed by atoms with Crippen molar-refractivity contribution in [2.75, 3.05) is 6.61 Å². The average molecular weight is 238 g/mol. The highest BCUT2D eigenvalue weighted by atomic mass is 16.5. The van der Waals surface area contributed by atoms with Crippen molar-refractivity contribution >= 4 is 0 Å². The van der Waals surface area contributed by atoms with Gasteiger partial charge in [-0.05, 0) is 45.8 Å². The van der Waals surface area contributed by atoms with Crippen molar-refractivity contribution in [3.8, 4) is 0 Å². The molecule has 2 heteroatoms. The molecule has 0 heterocycles. The van der Waals surface area contributed by atoms with E-state index in [0.717, 1.165) is 17.8 Å². The first-order valence-electron chi connectivity index (χ1n) is 6.28. The lowest BCUT2D eigenvalue weighted by Crippen LogP contribution is -2.25. The molecule has 1 aliphatic rings. The summed E-state index contributed by atoms with van der Waals surface area (Å²) in [6.45, 7) is 11.9. The highest BCUT2D eigenvalue weighted by molar-refractivity contribution is 5.33. The van der Waals surface area contributed by atoms with Gasteiger partial charge in [-0.25, -0.2) is 0 Å². The van der Waals surface area contributed by atoms with Crippen molar-refractivity contribution < 1.29 is 9.84 Å². The summed E-state index contributed by atoms with van der Waals surface area (Å²) >= 11 is 0. The summed E-state index contributed by atoms with van der Waals surface area (Å²) in [6, 6.07) is 0. The fourth-order valence-corrected chi connectivity index (χ4v) is 1.40. The summed E-state index contributed by atoms with van der Waals surface area (Å²) in [5, 5.41) is 9.57. The molecule has 2 nitrogen and oxygen atoms in total. The zero-order chi connectivity index (χ0) is 13.5. The van der Waals surface area contributed by atoms with E-state index in [9.17, 15) is 5.11 Å². The Morgan fingerprint density at radius 3 is 2.41 bits per heavy atom. The Labute approximate surface area is 106 Å². The third kappa shape index (κ3) is 7.01. The van der Waals surface area contributed by atoms with E-state index in [4.69, 9.17) is 4.74 Å². The molecule has 0 aromatic heterocycles. The predicted molar refractivity (Wildman–Crippen MR) is 73.8 cm³/mol. The van der Waals surface area contributed by atoms with Crippen LogP contribution in [-0.4, -0.2) is 17.3 Å². The van der Waals surface area contributed by atoms with Gasteiger partial charge in [0.1, 0.15) is 12.4 Å². The van der Waals surface area contributed by atoms with Crippen LogP contribution in [0.4, 0.5) is 0 Å². The zero-order valence-corrected chi connectivity index (χ0v) is 12.0. The normalized spacial score (nSPS) is 15.8. The van der Waals surface area contributed by atoms with Crippen LogP contribution >= 0.6 is 0 Å². The van der Waals surface area contributed by atoms with Gasteiger partial charge in [0.25, 0.3) is 0 Å². The van der Waals surface area contributed by atoms with Gasteiger partial charge in [-0.1, -0.05) is 31.6 Å². The van der Waals surface area contributed by atoms with E-state index < -0.39 is 5.60 Å². The molecule has 0 atom stereocenters. The number of aliphatic hydroxyl groups is 1. The minimum Gasteiger partial charge on any atom is -0.490 e. The smallest absolute Gasteiger partial charge is 0.122 e. The average Bonchev–Trinajstić information content (AvgIpc) is 2.38. The number of rotatable bonds is 3. The highest BCUT2D eigenvalue weighted by Gasteiger charge is 2.14. The van der Waals surface area contributed by atoms with Crippen LogP contribution in [0.1, 0.15) is 48.0 Å². The molecule has 0 aromatic rings. The molecule has 1 rings (SSSR count). The molecule has 0 aliphatic heterocycles. The lowest BCUT2D eigenvalue weighted by molar-refractivity contribution is 0.00535. The van der Waals surface area contributed by atoms with Crippen LogP contribution in [0.15, 0.2) is 35.1 Å². The molecule has 98 valence electrons. The standard InChI is InChI=1S/C13H20O2.C2H6/c1-10-6-5-7-12(11(2)8-10)15-9-13(3,4)14;1-2/h5,7-8,14H,6,9H2,1-4H3;1-2H3. The van der Waals surface area contributed by atoms with E-state index in [1.165, 1.54) is 5.57 Å². The predicted octanol–water partition coefficient (Wildman–Crippen LogP) is 3.98. The van der Waals surface area contributed by atoms with Gasteiger partial charge in [-0.15, -0.1) is 0 Å². The van der Waals surface area contributed by atoms with Crippen molar-refractivity contribution in [2.24, 2.45) is 0 Å². The van der Waals surface area contributed by atoms with Gasteiger partial charge in [0.15, 0.2) is 0 Å². The minimum atomic E-state index is -0.786. The third-order valence-corrected chi connectivity index (χ3v) is 2.14. The van der Waals surface area contributed by atoms with Crippen molar-refractivity contribution in [2.45, 2.75) is 53.6 Å². The number of ether oxygens (including phenoxy) is 1. The molecule has 0 spiro atoms. The molecule has 1 N–H and O–H groups in total. The quantitative estimate of drug-likeness (QED) is 0.806. The molecule has 0 saturated heterocycles. The summed E-state index contributed by atoms with van der Waals surface area (Å²) in [7, 11) is 0. The van der Waals surface area contributed by atoms with Gasteiger partial charge in [-0.3, -0.25) is 0 Å². The molecule has 1 aliphatic carbocycles. The first kappa shape index (κ1) is 16.0. The van der Waals surface area contributed by atoms with Crippen molar-refractivity contribution in [1.82, 2.24) is 0 Å². The fraction of sp³-hybridized carbons (Fsp3) is 0.600. The molecule has 0 radical (unpaired) electrons. The second-order valence-electron chi connectivity index (χ2n) is 4.75. The lowest BCUT2D eigenvalue weighted by Gasteiger charge is -2.18. The van der Waals surface area contributed by atoms with Gasteiger partial charge < -0.3 is 9.84 Å². The molecule has 0 bridgehead atoms. The largest absolute Gasteiger partial charge is 0.490 e. The lowest BCUT2D eigenvalue weighted by atomic mass is 10.1. The Morgan fingerprint density at radius 1 is 1.29 bits per heavy atom. The first-order valence-corrected chi connectivity index (χ1v) is 6.28. The first-order chi connectivity index (χ1) is 7.88. The van der Waals surface area contributed by atoms with E-state index >= 15 is 0 Å². The molecular weight excluding hydrogens is 212 g/mol. The van der Waals surface area contributed by atoms with Crippen LogP contribution in [0, 0.1) is 0 Å². The highest BCUT2D eigenvalue weighted by Crippen LogP contribution is 2.19. The molecular formula is C15H26O2. The van der Waals surface area contributed by atoms with Crippen molar-refractivity contribution in [3.05, 3.63) is 35.1 Å². The number of hydrogen-bond donors (Lipinski definition) is 1. The summed E-state index contributed by atoms with van der Waals surface area (Å²) in [5.74, 6) is 0.856. The maximum atomic E-state index is 9.57. The Kier molecular flexibility index (Phi) is 6.89. The Morgan fingerprint density at radius 2 is 1.88 bits per heavy atom. The maximum Gasteiger partial charge on any atom is 0.122 e. The Balaban J connectivity index is 0.00000121. The SMILES string of the molecule is CC.CC1=CC(C)=C(OCC(C)(C)O)C=CC1. The fourth-order valence-electron chi connectivity index (χ4n) is 1.40. The van der Waals surface area contributed by atoms with Crippen LogP contribution in [0.5, 0.6) is 0 Å². The Hall–Kier alpha value is -1.02. The molecule has 0 saturated carbocycles. The van der Waals surface area contributed by atoms with E-state index in [1.807, 2.05) is 26.8 Å². The van der Waals surface area contributed by atoms with Crippen LogP contribution < -0.4 is 0 Å². The summed E-state index contributed by atoms with van der Waals surface area (Å²) < 4.78 is 5.59. The summed E-state index contributed by atoms with van der Waals surface area (Å²) in [4.78, 5) is 0. The van der Waals surface area contributed by atoms with Crippen molar-refractivity contribution in [3.63, 3.8) is 0 Å². The summed E-state index contributed by atoms with van der Waals surface area (Å²) in [5.41, 5.74) is 1.66. The van der Waals surface area contributed by atoms with E-state index in [-0.39, 0.29) is 0 Å². The molecule has 0 aromatic carbocycles. The van der Waals surface area contributed by atoms with E-state index in [0.29, 0.717) is 6.61 Å². The molecule has 0 fully saturated rings. The van der Waals surface area contributed by atoms with Gasteiger partial charge in [0.2, 0.25) is 0 Å². The number of allylic oxidation sites excluding steroid dienone is 5. The van der Waals surface area contributed by atoms with Crippen molar-refractivity contribution in [1.29, 1.82) is 0 Å². The van der Waals surface area contributed by atoms with Crippen LogP contribution in [0.3, 0.4) is 0 Å². The maximum absolute atomic E-state index is 9.57.